The Bertz CT molecular complexity index is 144. The van der Waals surface area contributed by atoms with Crippen LogP contribution < -0.4 is 5.32 Å². The summed E-state index contributed by atoms with van der Waals surface area (Å²) in [5.41, 5.74) is 0. The molecule has 0 spiro atoms. The van der Waals surface area contributed by atoms with Crippen molar-refractivity contribution in [2.45, 2.75) is 19.4 Å². The van der Waals surface area contributed by atoms with E-state index in [1.807, 2.05) is 7.05 Å². The van der Waals surface area contributed by atoms with Crippen molar-refractivity contribution >= 4 is 22.6 Å². The summed E-state index contributed by atoms with van der Waals surface area (Å²) in [5.74, 6) is 0. The highest BCUT2D eigenvalue weighted by atomic mass is 127. The number of rotatable bonds is 9. The lowest BCUT2D eigenvalue weighted by Crippen LogP contribution is -2.39. The average Bonchev–Trinajstić information content (AvgIpc) is 2.26. The fourth-order valence-corrected chi connectivity index (χ4v) is 2.53. The number of hydrogen-bond acceptors (Lipinski definition) is 3. The van der Waals surface area contributed by atoms with Crippen molar-refractivity contribution in [3.63, 3.8) is 0 Å². The van der Waals surface area contributed by atoms with Crippen LogP contribution in [0.1, 0.15) is 13.3 Å². The Hall–Kier alpha value is 0.610. The van der Waals surface area contributed by atoms with Crippen LogP contribution in [-0.4, -0.2) is 67.6 Å². The molecule has 1 N–H and O–H groups in total. The standard InChI is InChI=1S/C11H26IN3/c1-5-14(3)8-6-11(10-12)15(4)9-7-13-2/h11,13H,5-10H2,1-4H3. The number of halogens is 1. The van der Waals surface area contributed by atoms with Gasteiger partial charge < -0.3 is 15.1 Å². The minimum atomic E-state index is 0.716. The monoisotopic (exact) mass is 327 g/mol. The van der Waals surface area contributed by atoms with Crippen LogP contribution >= 0.6 is 22.6 Å². The first-order chi connectivity index (χ1) is 7.15. The van der Waals surface area contributed by atoms with Crippen LogP contribution in [0.5, 0.6) is 0 Å². The molecule has 0 saturated heterocycles. The van der Waals surface area contributed by atoms with Crippen LogP contribution in [0.15, 0.2) is 0 Å². The fourth-order valence-electron chi connectivity index (χ4n) is 1.41. The first kappa shape index (κ1) is 15.6. The molecule has 0 bridgehead atoms. The number of hydrogen-bond donors (Lipinski definition) is 1. The third-order valence-corrected chi connectivity index (χ3v) is 3.92. The van der Waals surface area contributed by atoms with Crippen LogP contribution in [0.2, 0.25) is 0 Å². The number of nitrogens with one attached hydrogen (secondary N) is 1. The van der Waals surface area contributed by atoms with Gasteiger partial charge in [-0.05, 0) is 40.7 Å². The van der Waals surface area contributed by atoms with Crippen LogP contribution in [-0.2, 0) is 0 Å². The zero-order chi connectivity index (χ0) is 11.7. The minimum Gasteiger partial charge on any atom is -0.318 e. The highest BCUT2D eigenvalue weighted by Crippen LogP contribution is 2.06. The first-order valence-electron chi connectivity index (χ1n) is 5.75. The molecule has 92 valence electrons. The summed E-state index contributed by atoms with van der Waals surface area (Å²) in [4.78, 5) is 4.84. The molecule has 0 fully saturated rings. The van der Waals surface area contributed by atoms with Gasteiger partial charge in [-0.25, -0.2) is 0 Å². The molecule has 0 amide bonds. The predicted octanol–water partition coefficient (Wildman–Crippen LogP) is 1.28. The topological polar surface area (TPSA) is 18.5 Å². The molecule has 0 aliphatic carbocycles. The Morgan fingerprint density at radius 1 is 1.27 bits per heavy atom. The van der Waals surface area contributed by atoms with Crippen LogP contribution in [0.4, 0.5) is 0 Å². The van der Waals surface area contributed by atoms with Gasteiger partial charge in [0, 0.05) is 23.6 Å². The summed E-state index contributed by atoms with van der Waals surface area (Å²) < 4.78 is 1.22. The third kappa shape index (κ3) is 7.49. The summed E-state index contributed by atoms with van der Waals surface area (Å²) in [5, 5.41) is 3.20. The second-order valence-electron chi connectivity index (χ2n) is 4.08. The molecule has 1 atom stereocenters. The molecule has 1 unspecified atom stereocenters. The van der Waals surface area contributed by atoms with Gasteiger partial charge in [0.05, 0.1) is 0 Å². The molecule has 15 heavy (non-hydrogen) atoms. The SMILES string of the molecule is CCN(C)CCC(CI)N(C)CCNC. The van der Waals surface area contributed by atoms with Gasteiger partial charge in [0.1, 0.15) is 0 Å². The van der Waals surface area contributed by atoms with Gasteiger partial charge in [-0.1, -0.05) is 29.5 Å². The maximum atomic E-state index is 3.20. The molecule has 0 aromatic rings. The highest BCUT2D eigenvalue weighted by molar-refractivity contribution is 14.1. The Morgan fingerprint density at radius 2 is 1.93 bits per heavy atom. The van der Waals surface area contributed by atoms with Gasteiger partial charge in [-0.3, -0.25) is 0 Å². The molecule has 0 rings (SSSR count). The molecule has 3 nitrogen and oxygen atoms in total. The molecule has 0 heterocycles. The number of alkyl halides is 1. The summed E-state index contributed by atoms with van der Waals surface area (Å²) >= 11 is 2.49. The van der Waals surface area contributed by atoms with E-state index in [2.05, 4.69) is 58.7 Å². The zero-order valence-electron chi connectivity index (χ0n) is 10.6. The predicted molar refractivity (Wildman–Crippen MR) is 77.0 cm³/mol. The van der Waals surface area contributed by atoms with Crippen molar-refractivity contribution in [2.75, 3.05) is 51.7 Å². The smallest absolute Gasteiger partial charge is 0.0194 e. The Kier molecular flexibility index (Phi) is 10.2. The average molecular weight is 327 g/mol. The van der Waals surface area contributed by atoms with Gasteiger partial charge in [0.25, 0.3) is 0 Å². The van der Waals surface area contributed by atoms with E-state index >= 15 is 0 Å². The fraction of sp³-hybridized carbons (Fsp3) is 1.00. The van der Waals surface area contributed by atoms with Gasteiger partial charge in [-0.2, -0.15) is 0 Å². The Balaban J connectivity index is 3.79. The van der Waals surface area contributed by atoms with Gasteiger partial charge in [0.15, 0.2) is 0 Å². The summed E-state index contributed by atoms with van der Waals surface area (Å²) in [6.07, 6.45) is 1.27. The van der Waals surface area contributed by atoms with E-state index in [4.69, 9.17) is 0 Å². The summed E-state index contributed by atoms with van der Waals surface area (Å²) in [6, 6.07) is 0.716. The first-order valence-corrected chi connectivity index (χ1v) is 7.27. The van der Waals surface area contributed by atoms with E-state index in [1.54, 1.807) is 0 Å². The van der Waals surface area contributed by atoms with Crippen molar-refractivity contribution in [1.29, 1.82) is 0 Å². The maximum Gasteiger partial charge on any atom is 0.0194 e. The summed E-state index contributed by atoms with van der Waals surface area (Å²) in [6.45, 7) is 6.78. The molecule has 0 radical (unpaired) electrons. The van der Waals surface area contributed by atoms with E-state index in [0.29, 0.717) is 6.04 Å². The number of likely N-dealkylation sites (N-methyl/N-ethyl adjacent to an activating group) is 2. The van der Waals surface area contributed by atoms with E-state index in [1.165, 1.54) is 17.4 Å². The molecule has 4 heteroatoms. The molecule has 0 aromatic carbocycles. The van der Waals surface area contributed by atoms with Crippen LogP contribution in [0, 0.1) is 0 Å². The Morgan fingerprint density at radius 3 is 2.40 bits per heavy atom. The normalized spacial score (nSPS) is 13.8. The second kappa shape index (κ2) is 9.81. The van der Waals surface area contributed by atoms with Crippen LogP contribution in [0.25, 0.3) is 0 Å². The molecule has 0 aromatic heterocycles. The molecule has 0 aliphatic rings. The van der Waals surface area contributed by atoms with Crippen molar-refractivity contribution in [3.8, 4) is 0 Å². The minimum absolute atomic E-state index is 0.716. The lowest BCUT2D eigenvalue weighted by Gasteiger charge is -2.28. The second-order valence-corrected chi connectivity index (χ2v) is 4.96. The lowest BCUT2D eigenvalue weighted by molar-refractivity contribution is 0.227. The number of nitrogens with zero attached hydrogens (tertiary/aromatic N) is 2. The molecule has 0 aliphatic heterocycles. The lowest BCUT2D eigenvalue weighted by atomic mass is 10.2. The van der Waals surface area contributed by atoms with Crippen molar-refractivity contribution < 1.29 is 0 Å². The largest absolute Gasteiger partial charge is 0.318 e. The van der Waals surface area contributed by atoms with Crippen molar-refractivity contribution in [2.24, 2.45) is 0 Å². The van der Waals surface area contributed by atoms with Crippen LogP contribution in [0.3, 0.4) is 0 Å². The van der Waals surface area contributed by atoms with Crippen molar-refractivity contribution in [1.82, 2.24) is 15.1 Å². The Labute approximate surface area is 109 Å². The van der Waals surface area contributed by atoms with E-state index < -0.39 is 0 Å². The highest BCUT2D eigenvalue weighted by Gasteiger charge is 2.12. The summed E-state index contributed by atoms with van der Waals surface area (Å²) in [7, 11) is 6.43. The molecule has 0 saturated carbocycles. The quantitative estimate of drug-likeness (QED) is 0.508. The molecular weight excluding hydrogens is 301 g/mol. The van der Waals surface area contributed by atoms with Crippen molar-refractivity contribution in [3.05, 3.63) is 0 Å². The van der Waals surface area contributed by atoms with Gasteiger partial charge >= 0.3 is 0 Å². The van der Waals surface area contributed by atoms with E-state index in [0.717, 1.165) is 19.6 Å². The molecular formula is C11H26IN3. The van der Waals surface area contributed by atoms with Gasteiger partial charge in [0.2, 0.25) is 0 Å². The third-order valence-electron chi connectivity index (χ3n) is 2.90. The van der Waals surface area contributed by atoms with E-state index in [9.17, 15) is 0 Å². The van der Waals surface area contributed by atoms with E-state index in [-0.39, 0.29) is 0 Å². The van der Waals surface area contributed by atoms with Gasteiger partial charge in [-0.15, -0.1) is 0 Å². The maximum absolute atomic E-state index is 3.20. The zero-order valence-corrected chi connectivity index (χ0v) is 12.7.